The fourth-order valence-electron chi connectivity index (χ4n) is 3.14. The quantitative estimate of drug-likeness (QED) is 0.553. The van der Waals surface area contributed by atoms with Gasteiger partial charge in [-0.25, -0.2) is 5.48 Å². The van der Waals surface area contributed by atoms with Crippen LogP contribution in [0.25, 0.3) is 0 Å². The standard InChI is InChI=1S/C20H24N4O4/c25-20(21-28-16-17-5-2-1-3-6-17)15-23-11-9-22(10-12-23)14-18-7-4-8-19(13-18)24(26)27/h1-8,13H,9-12,14-16H2,(H,21,25). The molecule has 0 spiro atoms. The van der Waals surface area contributed by atoms with Crippen molar-refractivity contribution in [1.29, 1.82) is 0 Å². The van der Waals surface area contributed by atoms with Gasteiger partial charge in [-0.3, -0.25) is 29.5 Å². The number of carbonyl (C=O) groups is 1. The van der Waals surface area contributed by atoms with E-state index in [1.807, 2.05) is 36.4 Å². The molecule has 0 unspecified atom stereocenters. The molecular formula is C20H24N4O4. The number of hydroxylamine groups is 1. The average Bonchev–Trinajstić information content (AvgIpc) is 2.70. The average molecular weight is 384 g/mol. The summed E-state index contributed by atoms with van der Waals surface area (Å²) < 4.78 is 0. The van der Waals surface area contributed by atoms with Crippen LogP contribution in [0.15, 0.2) is 54.6 Å². The summed E-state index contributed by atoms with van der Waals surface area (Å²) in [6.07, 6.45) is 0. The molecule has 3 rings (SSSR count). The van der Waals surface area contributed by atoms with Crippen LogP contribution in [0.4, 0.5) is 5.69 Å². The summed E-state index contributed by atoms with van der Waals surface area (Å²) in [5.41, 5.74) is 4.53. The lowest BCUT2D eigenvalue weighted by atomic mass is 10.1. The highest BCUT2D eigenvalue weighted by Gasteiger charge is 2.19. The van der Waals surface area contributed by atoms with Crippen LogP contribution in [0.3, 0.4) is 0 Å². The van der Waals surface area contributed by atoms with Gasteiger partial charge in [0.2, 0.25) is 0 Å². The highest BCUT2D eigenvalue weighted by atomic mass is 16.7. The van der Waals surface area contributed by atoms with E-state index in [0.29, 0.717) is 19.7 Å². The fourth-order valence-corrected chi connectivity index (χ4v) is 3.14. The molecule has 8 nitrogen and oxygen atoms in total. The lowest BCUT2D eigenvalue weighted by Gasteiger charge is -2.34. The lowest BCUT2D eigenvalue weighted by Crippen LogP contribution is -2.49. The van der Waals surface area contributed by atoms with Crippen LogP contribution in [-0.2, 0) is 22.8 Å². The van der Waals surface area contributed by atoms with E-state index >= 15 is 0 Å². The smallest absolute Gasteiger partial charge is 0.269 e. The van der Waals surface area contributed by atoms with Crippen molar-refractivity contribution in [1.82, 2.24) is 15.3 Å². The SMILES string of the molecule is O=C(CN1CCN(Cc2cccc([N+](=O)[O-])c2)CC1)NOCc1ccccc1. The van der Waals surface area contributed by atoms with Gasteiger partial charge in [0.1, 0.15) is 0 Å². The molecule has 2 aromatic rings. The molecule has 0 radical (unpaired) electrons. The Morgan fingerprint density at radius 3 is 2.39 bits per heavy atom. The van der Waals surface area contributed by atoms with Gasteiger partial charge in [0, 0.05) is 44.9 Å². The molecule has 0 aliphatic carbocycles. The Morgan fingerprint density at radius 2 is 1.68 bits per heavy atom. The molecule has 28 heavy (non-hydrogen) atoms. The van der Waals surface area contributed by atoms with Gasteiger partial charge < -0.3 is 0 Å². The van der Waals surface area contributed by atoms with Crippen molar-refractivity contribution < 1.29 is 14.6 Å². The zero-order chi connectivity index (χ0) is 19.8. The number of benzene rings is 2. The Bertz CT molecular complexity index is 792. The highest BCUT2D eigenvalue weighted by Crippen LogP contribution is 2.15. The number of nitrogens with zero attached hydrogens (tertiary/aromatic N) is 3. The van der Waals surface area contributed by atoms with Crippen LogP contribution in [0.5, 0.6) is 0 Å². The van der Waals surface area contributed by atoms with Crippen LogP contribution in [-0.4, -0.2) is 53.4 Å². The van der Waals surface area contributed by atoms with Crippen LogP contribution in [0, 0.1) is 10.1 Å². The molecule has 1 fully saturated rings. The van der Waals surface area contributed by atoms with Crippen LogP contribution in [0.2, 0.25) is 0 Å². The van der Waals surface area contributed by atoms with E-state index < -0.39 is 0 Å². The second-order valence-corrected chi connectivity index (χ2v) is 6.78. The molecule has 0 atom stereocenters. The van der Waals surface area contributed by atoms with Crippen molar-refractivity contribution in [2.75, 3.05) is 32.7 Å². The first-order valence-electron chi connectivity index (χ1n) is 9.23. The van der Waals surface area contributed by atoms with Gasteiger partial charge in [-0.2, -0.15) is 0 Å². The molecule has 148 valence electrons. The van der Waals surface area contributed by atoms with Gasteiger partial charge in [0.05, 0.1) is 18.1 Å². The molecule has 8 heteroatoms. The van der Waals surface area contributed by atoms with Crippen molar-refractivity contribution in [2.24, 2.45) is 0 Å². The third kappa shape index (κ3) is 6.12. The van der Waals surface area contributed by atoms with Crippen molar-refractivity contribution in [3.63, 3.8) is 0 Å². The minimum Gasteiger partial charge on any atom is -0.297 e. The molecular weight excluding hydrogens is 360 g/mol. The fraction of sp³-hybridized carbons (Fsp3) is 0.350. The predicted octanol–water partition coefficient (Wildman–Crippen LogP) is 1.96. The Hall–Kier alpha value is -2.81. The normalized spacial score (nSPS) is 15.3. The van der Waals surface area contributed by atoms with Crippen molar-refractivity contribution in [3.05, 3.63) is 75.8 Å². The number of nitro benzene ring substituents is 1. The number of hydrogen-bond acceptors (Lipinski definition) is 6. The molecule has 1 aliphatic rings. The minimum atomic E-state index is -0.375. The summed E-state index contributed by atoms with van der Waals surface area (Å²) in [6, 6.07) is 16.4. The minimum absolute atomic E-state index is 0.114. The second-order valence-electron chi connectivity index (χ2n) is 6.78. The Balaban J connectivity index is 1.36. The molecule has 0 aromatic heterocycles. The zero-order valence-corrected chi connectivity index (χ0v) is 15.6. The molecule has 0 saturated carbocycles. The summed E-state index contributed by atoms with van der Waals surface area (Å²) in [4.78, 5) is 32.1. The molecule has 1 aliphatic heterocycles. The third-order valence-electron chi connectivity index (χ3n) is 4.63. The van der Waals surface area contributed by atoms with Gasteiger partial charge >= 0.3 is 0 Å². The number of non-ortho nitro benzene ring substituents is 1. The predicted molar refractivity (Wildman–Crippen MR) is 104 cm³/mol. The first kappa shape index (κ1) is 19.9. The van der Waals surface area contributed by atoms with Gasteiger partial charge in [0.15, 0.2) is 0 Å². The molecule has 2 aromatic carbocycles. The van der Waals surface area contributed by atoms with Gasteiger partial charge in [-0.1, -0.05) is 42.5 Å². The highest BCUT2D eigenvalue weighted by molar-refractivity contribution is 5.76. The third-order valence-corrected chi connectivity index (χ3v) is 4.63. The van der Waals surface area contributed by atoms with Crippen LogP contribution < -0.4 is 5.48 Å². The van der Waals surface area contributed by atoms with Crippen molar-refractivity contribution >= 4 is 11.6 Å². The largest absolute Gasteiger partial charge is 0.297 e. The first-order valence-corrected chi connectivity index (χ1v) is 9.23. The molecule has 0 bridgehead atoms. The molecule has 1 saturated heterocycles. The maximum atomic E-state index is 12.0. The van der Waals surface area contributed by atoms with E-state index in [0.717, 1.165) is 37.3 Å². The van der Waals surface area contributed by atoms with Gasteiger partial charge in [-0.05, 0) is 11.1 Å². The number of nitrogens with one attached hydrogen (secondary N) is 1. The van der Waals surface area contributed by atoms with E-state index in [1.165, 1.54) is 6.07 Å². The lowest BCUT2D eigenvalue weighted by molar-refractivity contribution is -0.384. The summed E-state index contributed by atoms with van der Waals surface area (Å²) in [5, 5.41) is 10.9. The maximum absolute atomic E-state index is 12.0. The number of hydrogen-bond donors (Lipinski definition) is 1. The van der Waals surface area contributed by atoms with Crippen molar-refractivity contribution in [3.8, 4) is 0 Å². The number of carbonyl (C=O) groups excluding carboxylic acids is 1. The van der Waals surface area contributed by atoms with E-state index in [1.54, 1.807) is 12.1 Å². The molecule has 1 N–H and O–H groups in total. The molecule has 1 heterocycles. The topological polar surface area (TPSA) is 88.0 Å². The number of nitro groups is 1. The second kappa shape index (κ2) is 9.93. The van der Waals surface area contributed by atoms with E-state index in [9.17, 15) is 14.9 Å². The molecule has 1 amide bonds. The van der Waals surface area contributed by atoms with E-state index in [2.05, 4.69) is 15.3 Å². The van der Waals surface area contributed by atoms with Gasteiger partial charge in [0.25, 0.3) is 11.6 Å². The summed E-state index contributed by atoms with van der Waals surface area (Å²) in [7, 11) is 0. The van der Waals surface area contributed by atoms with Gasteiger partial charge in [-0.15, -0.1) is 0 Å². The summed E-state index contributed by atoms with van der Waals surface area (Å²) in [6.45, 7) is 4.44. The van der Waals surface area contributed by atoms with Crippen LogP contribution >= 0.6 is 0 Å². The summed E-state index contributed by atoms with van der Waals surface area (Å²) >= 11 is 0. The van der Waals surface area contributed by atoms with E-state index in [4.69, 9.17) is 4.84 Å². The summed E-state index contributed by atoms with van der Waals surface area (Å²) in [5.74, 6) is -0.164. The van der Waals surface area contributed by atoms with E-state index in [-0.39, 0.29) is 16.5 Å². The van der Waals surface area contributed by atoms with Crippen molar-refractivity contribution in [2.45, 2.75) is 13.2 Å². The van der Waals surface area contributed by atoms with Crippen LogP contribution in [0.1, 0.15) is 11.1 Å². The number of rotatable bonds is 8. The number of piperazine rings is 1. The monoisotopic (exact) mass is 384 g/mol. The maximum Gasteiger partial charge on any atom is 0.269 e. The Morgan fingerprint density at radius 1 is 1.00 bits per heavy atom. The number of amides is 1. The zero-order valence-electron chi connectivity index (χ0n) is 15.6. The Kier molecular flexibility index (Phi) is 7.07. The first-order chi connectivity index (χ1) is 13.6. The Labute approximate surface area is 163 Å².